The van der Waals surface area contributed by atoms with Crippen molar-refractivity contribution in [1.29, 1.82) is 0 Å². The number of aromatic nitrogens is 5. The summed E-state index contributed by atoms with van der Waals surface area (Å²) in [6.07, 6.45) is 2.06. The first-order valence-electron chi connectivity index (χ1n) is 8.08. The molecule has 0 unspecified atom stereocenters. The smallest absolute Gasteiger partial charge is 0.325 e. The fourth-order valence-corrected chi connectivity index (χ4v) is 3.15. The molecule has 1 aliphatic rings. The van der Waals surface area contributed by atoms with Crippen LogP contribution in [-0.4, -0.2) is 43.6 Å². The zero-order chi connectivity index (χ0) is 19.6. The number of nitrogens with zero attached hydrogens (tertiary/aromatic N) is 4. The van der Waals surface area contributed by atoms with Crippen molar-refractivity contribution in [3.63, 3.8) is 0 Å². The number of aromatic amines is 2. The van der Waals surface area contributed by atoms with Crippen molar-refractivity contribution in [2.45, 2.75) is 19.8 Å². The Morgan fingerprint density at radius 2 is 1.96 bits per heavy atom. The van der Waals surface area contributed by atoms with Gasteiger partial charge in [-0.2, -0.15) is 9.61 Å². The van der Waals surface area contributed by atoms with Gasteiger partial charge >= 0.3 is 5.69 Å². The maximum atomic E-state index is 14.3. The first kappa shape index (κ1) is 17.3. The van der Waals surface area contributed by atoms with Crippen molar-refractivity contribution >= 4 is 11.5 Å². The summed E-state index contributed by atoms with van der Waals surface area (Å²) < 4.78 is 43.9. The highest BCUT2D eigenvalue weighted by atomic mass is 19.3. The Kier molecular flexibility index (Phi) is 3.49. The highest BCUT2D eigenvalue weighted by Gasteiger charge is 2.54. The molecular weight excluding hydrogens is 365 g/mol. The zero-order valence-electron chi connectivity index (χ0n) is 14.4. The molecule has 4 rings (SSSR count). The van der Waals surface area contributed by atoms with Crippen LogP contribution in [0.2, 0.25) is 0 Å². The quantitative estimate of drug-likeness (QED) is 0.700. The van der Waals surface area contributed by atoms with E-state index in [-0.39, 0.29) is 29.3 Å². The minimum absolute atomic E-state index is 0.00200. The number of rotatable bonds is 2. The summed E-state index contributed by atoms with van der Waals surface area (Å²) in [7, 11) is 0. The minimum Gasteiger partial charge on any atom is -0.350 e. The molecule has 2 N–H and O–H groups in total. The maximum absolute atomic E-state index is 14.3. The van der Waals surface area contributed by atoms with Gasteiger partial charge in [0.05, 0.1) is 24.0 Å². The van der Waals surface area contributed by atoms with E-state index in [1.807, 2.05) is 0 Å². The predicted octanol–water partition coefficient (Wildman–Crippen LogP) is 1.39. The van der Waals surface area contributed by atoms with Gasteiger partial charge in [-0.3, -0.25) is 9.78 Å². The van der Waals surface area contributed by atoms with Crippen molar-refractivity contribution in [3.8, 4) is 11.3 Å². The molecule has 11 heteroatoms. The molecule has 8 nitrogen and oxygen atoms in total. The molecule has 0 aliphatic carbocycles. The summed E-state index contributed by atoms with van der Waals surface area (Å²) >= 11 is 0. The Morgan fingerprint density at radius 3 is 2.59 bits per heavy atom. The molecule has 0 radical (unpaired) electrons. The molecule has 0 saturated carbocycles. The summed E-state index contributed by atoms with van der Waals surface area (Å²) in [5.74, 6) is -3.55. The highest BCUT2D eigenvalue weighted by molar-refractivity contribution is 5.66. The Hall–Kier alpha value is -3.11. The molecule has 1 aliphatic heterocycles. The standard InChI is InChI=1S/C16H15F3N6O2/c1-15(2)6-24(7-16(15,18)19)11-3-10(8-4-20-14(27)23-13(8)26)22-12-9(17)5-21-25(11)12/h3-5H,6-7H2,1-2H3,(H2,20,23,26,27). The summed E-state index contributed by atoms with van der Waals surface area (Å²) in [5.41, 5.74) is -2.94. The molecule has 3 aromatic rings. The largest absolute Gasteiger partial charge is 0.350 e. The Labute approximate surface area is 149 Å². The second-order valence-corrected chi connectivity index (χ2v) is 7.16. The molecule has 4 heterocycles. The van der Waals surface area contributed by atoms with Crippen LogP contribution < -0.4 is 16.1 Å². The van der Waals surface area contributed by atoms with Crippen molar-refractivity contribution in [2.24, 2.45) is 5.41 Å². The van der Waals surface area contributed by atoms with Gasteiger partial charge in [0.2, 0.25) is 0 Å². The lowest BCUT2D eigenvalue weighted by Gasteiger charge is -2.24. The van der Waals surface area contributed by atoms with Crippen LogP contribution in [-0.2, 0) is 0 Å². The van der Waals surface area contributed by atoms with Crippen LogP contribution in [0.3, 0.4) is 0 Å². The lowest BCUT2D eigenvalue weighted by atomic mass is 9.89. The van der Waals surface area contributed by atoms with Crippen LogP contribution >= 0.6 is 0 Å². The van der Waals surface area contributed by atoms with Gasteiger partial charge in [-0.25, -0.2) is 22.9 Å². The molecule has 0 aromatic carbocycles. The SMILES string of the molecule is CC1(C)CN(c2cc(-c3c[nH]c(=O)[nH]c3=O)nc3c(F)cnn23)CC1(F)F. The zero-order valence-corrected chi connectivity index (χ0v) is 14.4. The van der Waals surface area contributed by atoms with Crippen LogP contribution in [0.25, 0.3) is 16.9 Å². The van der Waals surface area contributed by atoms with Crippen LogP contribution in [0.15, 0.2) is 28.0 Å². The van der Waals surface area contributed by atoms with E-state index in [0.717, 1.165) is 16.9 Å². The van der Waals surface area contributed by atoms with E-state index in [9.17, 15) is 22.8 Å². The van der Waals surface area contributed by atoms with Crippen molar-refractivity contribution in [3.05, 3.63) is 45.1 Å². The monoisotopic (exact) mass is 380 g/mol. The van der Waals surface area contributed by atoms with E-state index in [4.69, 9.17) is 0 Å². The lowest BCUT2D eigenvalue weighted by molar-refractivity contribution is -0.0642. The fraction of sp³-hybridized carbons (Fsp3) is 0.375. The number of hydrogen-bond donors (Lipinski definition) is 2. The van der Waals surface area contributed by atoms with Gasteiger partial charge in [-0.05, 0) is 0 Å². The van der Waals surface area contributed by atoms with E-state index in [2.05, 4.69) is 20.1 Å². The number of anilines is 1. The molecule has 0 atom stereocenters. The first-order chi connectivity index (χ1) is 12.6. The Balaban J connectivity index is 1.93. The van der Waals surface area contributed by atoms with E-state index < -0.39 is 34.9 Å². The number of halogens is 3. The van der Waals surface area contributed by atoms with Crippen LogP contribution in [0.5, 0.6) is 0 Å². The number of nitrogens with one attached hydrogen (secondary N) is 2. The van der Waals surface area contributed by atoms with Gasteiger partial charge in [0, 0.05) is 24.2 Å². The molecule has 1 saturated heterocycles. The number of H-pyrrole nitrogens is 2. The second kappa shape index (κ2) is 5.44. The van der Waals surface area contributed by atoms with Crippen molar-refractivity contribution in [2.75, 3.05) is 18.0 Å². The Bertz CT molecular complexity index is 1150. The molecule has 27 heavy (non-hydrogen) atoms. The van der Waals surface area contributed by atoms with Gasteiger partial charge < -0.3 is 9.88 Å². The average molecular weight is 380 g/mol. The number of hydrogen-bond acceptors (Lipinski definition) is 5. The van der Waals surface area contributed by atoms with Gasteiger partial charge in [0.25, 0.3) is 11.5 Å². The van der Waals surface area contributed by atoms with E-state index in [1.54, 1.807) is 0 Å². The van der Waals surface area contributed by atoms with Crippen LogP contribution in [0.4, 0.5) is 19.0 Å². The highest BCUT2D eigenvalue weighted by Crippen LogP contribution is 2.44. The summed E-state index contributed by atoms with van der Waals surface area (Å²) in [5, 5.41) is 3.88. The molecular formula is C16H15F3N6O2. The molecule has 3 aromatic heterocycles. The predicted molar refractivity (Wildman–Crippen MR) is 90.6 cm³/mol. The fourth-order valence-electron chi connectivity index (χ4n) is 3.15. The van der Waals surface area contributed by atoms with Gasteiger partial charge in [0.1, 0.15) is 5.82 Å². The van der Waals surface area contributed by atoms with Gasteiger partial charge in [-0.1, -0.05) is 13.8 Å². The average Bonchev–Trinajstić information content (AvgIpc) is 3.04. The third kappa shape index (κ3) is 2.61. The number of alkyl halides is 2. The maximum Gasteiger partial charge on any atom is 0.325 e. The van der Waals surface area contributed by atoms with Gasteiger partial charge in [0.15, 0.2) is 11.5 Å². The van der Waals surface area contributed by atoms with Crippen LogP contribution in [0.1, 0.15) is 13.8 Å². The normalized spacial score (nSPS) is 18.3. The Morgan fingerprint density at radius 1 is 1.22 bits per heavy atom. The summed E-state index contributed by atoms with van der Waals surface area (Å²) in [6.45, 7) is 2.31. The third-order valence-corrected chi connectivity index (χ3v) is 4.79. The molecule has 142 valence electrons. The first-order valence-corrected chi connectivity index (χ1v) is 8.08. The minimum atomic E-state index is -2.97. The topological polar surface area (TPSA) is 99.2 Å². The van der Waals surface area contributed by atoms with Crippen molar-refractivity contribution < 1.29 is 13.2 Å². The molecule has 0 amide bonds. The van der Waals surface area contributed by atoms with Crippen LogP contribution in [0, 0.1) is 11.2 Å². The number of fused-ring (bicyclic) bond motifs is 1. The van der Waals surface area contributed by atoms with Gasteiger partial charge in [-0.15, -0.1) is 0 Å². The van der Waals surface area contributed by atoms with E-state index >= 15 is 0 Å². The van der Waals surface area contributed by atoms with Crippen molar-refractivity contribution in [1.82, 2.24) is 24.6 Å². The lowest BCUT2D eigenvalue weighted by Crippen LogP contribution is -2.34. The van der Waals surface area contributed by atoms with E-state index in [1.165, 1.54) is 24.8 Å². The van der Waals surface area contributed by atoms with E-state index in [0.29, 0.717) is 0 Å². The second-order valence-electron chi connectivity index (χ2n) is 7.16. The molecule has 1 fully saturated rings. The molecule has 0 bridgehead atoms. The summed E-state index contributed by atoms with van der Waals surface area (Å²) in [4.78, 5) is 33.1. The molecule has 0 spiro atoms. The third-order valence-electron chi connectivity index (χ3n) is 4.79. The summed E-state index contributed by atoms with van der Waals surface area (Å²) in [6, 6.07) is 1.37.